The van der Waals surface area contributed by atoms with E-state index in [9.17, 15) is 23.1 Å². The molecule has 5 nitrogen and oxygen atoms in total. The molecule has 2 aromatic carbocycles. The van der Waals surface area contributed by atoms with E-state index in [4.69, 9.17) is 4.74 Å². The van der Waals surface area contributed by atoms with Crippen molar-refractivity contribution in [2.24, 2.45) is 0 Å². The largest absolute Gasteiger partial charge is 0.478 e. The predicted octanol–water partition coefficient (Wildman–Crippen LogP) is 7.96. The first kappa shape index (κ1) is 27.7. The van der Waals surface area contributed by atoms with Crippen LogP contribution in [0.25, 0.3) is 10.6 Å². The Morgan fingerprint density at radius 1 is 1.03 bits per heavy atom. The summed E-state index contributed by atoms with van der Waals surface area (Å²) in [5.41, 5.74) is 2.38. The summed E-state index contributed by atoms with van der Waals surface area (Å²) in [4.78, 5) is 18.2. The van der Waals surface area contributed by atoms with Crippen LogP contribution in [0, 0.1) is 13.8 Å². The second-order valence-corrected chi connectivity index (χ2v) is 11.3. The van der Waals surface area contributed by atoms with Gasteiger partial charge in [-0.05, 0) is 78.9 Å². The van der Waals surface area contributed by atoms with Crippen molar-refractivity contribution in [2.75, 3.05) is 4.90 Å². The van der Waals surface area contributed by atoms with Gasteiger partial charge in [0.15, 0.2) is 5.60 Å². The number of thiazole rings is 1. The molecule has 0 amide bonds. The van der Waals surface area contributed by atoms with E-state index in [1.807, 2.05) is 31.4 Å². The van der Waals surface area contributed by atoms with Crippen molar-refractivity contribution in [2.45, 2.75) is 52.6 Å². The van der Waals surface area contributed by atoms with Gasteiger partial charge in [0.25, 0.3) is 0 Å². The lowest BCUT2D eigenvalue weighted by atomic mass is 10.0. The third-order valence-corrected chi connectivity index (χ3v) is 7.82. The number of hydrogen-bond donors (Lipinski definition) is 1. The fourth-order valence-corrected chi connectivity index (χ4v) is 5.55. The van der Waals surface area contributed by atoms with Gasteiger partial charge in [0.1, 0.15) is 15.8 Å². The second kappa shape index (κ2) is 10.8. The van der Waals surface area contributed by atoms with Gasteiger partial charge >= 0.3 is 12.1 Å². The summed E-state index contributed by atoms with van der Waals surface area (Å²) in [6.45, 7) is 7.99. The number of ether oxygens (including phenoxy) is 1. The first-order valence-electron chi connectivity index (χ1n) is 11.8. The molecule has 0 saturated heterocycles. The highest BCUT2D eigenvalue weighted by atomic mass is 32.1. The number of hydrogen-bond acceptors (Lipinski definition) is 6. The van der Waals surface area contributed by atoms with E-state index < -0.39 is 23.3 Å². The average Bonchev–Trinajstić information content (AvgIpc) is 3.53. The Morgan fingerprint density at radius 3 is 2.21 bits per heavy atom. The molecule has 0 spiro atoms. The van der Waals surface area contributed by atoms with Crippen LogP contribution in [0.1, 0.15) is 41.7 Å². The fourth-order valence-electron chi connectivity index (χ4n) is 3.97. The average molecular weight is 561 g/mol. The number of rotatable bonds is 9. The minimum atomic E-state index is -4.38. The smallest absolute Gasteiger partial charge is 0.416 e. The number of carboxylic acids is 1. The molecule has 0 radical (unpaired) electrons. The van der Waals surface area contributed by atoms with E-state index in [-0.39, 0.29) is 0 Å². The summed E-state index contributed by atoms with van der Waals surface area (Å²) in [6.07, 6.45) is -2.64. The highest BCUT2D eigenvalue weighted by Gasteiger charge is 2.31. The van der Waals surface area contributed by atoms with Crippen LogP contribution in [-0.2, 0) is 24.1 Å². The van der Waals surface area contributed by atoms with Crippen molar-refractivity contribution in [3.63, 3.8) is 0 Å². The SMILES string of the molecule is Cc1cc(CN(Cc2ccsc2)c2cnc(-c3ccc(C(F)(F)F)cc3)s2)cc(C)c1OC(C)(C)C(=O)O. The van der Waals surface area contributed by atoms with Crippen LogP contribution < -0.4 is 9.64 Å². The molecule has 0 unspecified atom stereocenters. The van der Waals surface area contributed by atoms with E-state index in [0.29, 0.717) is 29.4 Å². The Hall–Kier alpha value is -3.37. The zero-order chi connectivity index (χ0) is 27.7. The van der Waals surface area contributed by atoms with Crippen molar-refractivity contribution in [1.82, 2.24) is 4.98 Å². The van der Waals surface area contributed by atoms with E-state index in [1.54, 1.807) is 17.5 Å². The Kier molecular flexibility index (Phi) is 7.85. The van der Waals surface area contributed by atoms with Gasteiger partial charge in [0, 0.05) is 18.7 Å². The summed E-state index contributed by atoms with van der Waals surface area (Å²) < 4.78 is 44.7. The molecule has 2 heterocycles. The summed E-state index contributed by atoms with van der Waals surface area (Å²) in [5, 5.41) is 15.1. The number of aryl methyl sites for hydroxylation is 2. The molecule has 0 saturated carbocycles. The zero-order valence-corrected chi connectivity index (χ0v) is 22.9. The number of thiophene rings is 1. The molecular weight excluding hydrogens is 533 g/mol. The van der Waals surface area contributed by atoms with E-state index >= 15 is 0 Å². The van der Waals surface area contributed by atoms with Crippen LogP contribution >= 0.6 is 22.7 Å². The van der Waals surface area contributed by atoms with E-state index in [2.05, 4.69) is 21.3 Å². The fraction of sp³-hybridized carbons (Fsp3) is 0.286. The highest BCUT2D eigenvalue weighted by molar-refractivity contribution is 7.18. The summed E-state index contributed by atoms with van der Waals surface area (Å²) in [5.74, 6) is -0.496. The minimum absolute atomic E-state index is 0.549. The van der Waals surface area contributed by atoms with E-state index in [0.717, 1.165) is 39.4 Å². The monoisotopic (exact) mass is 560 g/mol. The molecule has 4 aromatic rings. The topological polar surface area (TPSA) is 62.7 Å². The summed E-state index contributed by atoms with van der Waals surface area (Å²) in [7, 11) is 0. The predicted molar refractivity (Wildman–Crippen MR) is 145 cm³/mol. The Balaban J connectivity index is 1.61. The molecule has 0 bridgehead atoms. The number of benzene rings is 2. The van der Waals surface area contributed by atoms with Gasteiger partial charge in [0.05, 0.1) is 11.8 Å². The van der Waals surface area contributed by atoms with Crippen LogP contribution in [0.4, 0.5) is 18.2 Å². The van der Waals surface area contributed by atoms with Gasteiger partial charge in [0.2, 0.25) is 0 Å². The number of carbonyl (C=O) groups is 1. The van der Waals surface area contributed by atoms with Crippen LogP contribution in [-0.4, -0.2) is 21.7 Å². The lowest BCUT2D eigenvalue weighted by Gasteiger charge is -2.26. The summed E-state index contributed by atoms with van der Waals surface area (Å²) >= 11 is 3.03. The molecular formula is C28H27F3N2O3S2. The highest BCUT2D eigenvalue weighted by Crippen LogP contribution is 2.36. The normalized spacial score (nSPS) is 12.0. The van der Waals surface area contributed by atoms with Gasteiger partial charge < -0.3 is 14.7 Å². The van der Waals surface area contributed by atoms with Gasteiger partial charge in [-0.2, -0.15) is 24.5 Å². The minimum Gasteiger partial charge on any atom is -0.478 e. The second-order valence-electron chi connectivity index (χ2n) is 9.54. The number of halogens is 3. The third-order valence-electron chi connectivity index (χ3n) is 5.98. The molecule has 0 aliphatic rings. The summed E-state index contributed by atoms with van der Waals surface area (Å²) in [6, 6.07) is 11.0. The molecule has 200 valence electrons. The molecule has 0 fully saturated rings. The maximum atomic E-state index is 13.0. The van der Waals surface area contributed by atoms with Crippen LogP contribution in [0.2, 0.25) is 0 Å². The number of aromatic nitrogens is 1. The van der Waals surface area contributed by atoms with Crippen LogP contribution in [0.3, 0.4) is 0 Å². The lowest BCUT2D eigenvalue weighted by molar-refractivity contribution is -0.152. The third kappa shape index (κ3) is 6.36. The first-order chi connectivity index (χ1) is 17.8. The molecule has 4 rings (SSSR count). The maximum Gasteiger partial charge on any atom is 0.416 e. The molecule has 0 aliphatic heterocycles. The van der Waals surface area contributed by atoms with E-state index in [1.165, 1.54) is 37.3 Å². The molecule has 1 N–H and O–H groups in total. The molecule has 38 heavy (non-hydrogen) atoms. The van der Waals surface area contributed by atoms with Gasteiger partial charge in [-0.3, -0.25) is 0 Å². The Morgan fingerprint density at radius 2 is 1.66 bits per heavy atom. The van der Waals surface area contributed by atoms with Crippen molar-refractivity contribution >= 4 is 33.6 Å². The number of nitrogens with zero attached hydrogens (tertiary/aromatic N) is 2. The quantitative estimate of drug-likeness (QED) is 0.225. The van der Waals surface area contributed by atoms with Gasteiger partial charge in [-0.1, -0.05) is 35.6 Å². The van der Waals surface area contributed by atoms with Crippen molar-refractivity contribution in [3.05, 3.63) is 87.2 Å². The molecule has 2 aromatic heterocycles. The maximum absolute atomic E-state index is 13.0. The number of alkyl halides is 3. The number of carboxylic acid groups (broad SMARTS) is 1. The van der Waals surface area contributed by atoms with Crippen LogP contribution in [0.5, 0.6) is 5.75 Å². The van der Waals surface area contributed by atoms with Gasteiger partial charge in [-0.15, -0.1) is 0 Å². The van der Waals surface area contributed by atoms with Crippen molar-refractivity contribution in [1.29, 1.82) is 0 Å². The zero-order valence-electron chi connectivity index (χ0n) is 21.3. The molecule has 0 atom stereocenters. The molecule has 10 heteroatoms. The van der Waals surface area contributed by atoms with Crippen molar-refractivity contribution in [3.8, 4) is 16.3 Å². The van der Waals surface area contributed by atoms with Crippen molar-refractivity contribution < 1.29 is 27.8 Å². The molecule has 0 aliphatic carbocycles. The Bertz CT molecular complexity index is 1390. The first-order valence-corrected chi connectivity index (χ1v) is 13.5. The van der Waals surface area contributed by atoms with Crippen LogP contribution in [0.15, 0.2) is 59.4 Å². The lowest BCUT2D eigenvalue weighted by Crippen LogP contribution is -2.38. The Labute approximate surface area is 227 Å². The van der Waals surface area contributed by atoms with Gasteiger partial charge in [-0.25, -0.2) is 9.78 Å². The number of anilines is 1. The number of aliphatic carboxylic acids is 1. The standard InChI is InChI=1S/C28H27F3N2O3S2/c1-17-11-20(12-18(2)24(17)36-27(3,4)26(34)35)15-33(14-19-9-10-37-16-19)23-13-32-25(38-23)21-5-7-22(8-6-21)28(29,30)31/h5-13,16H,14-15H2,1-4H3,(H,34,35).